The van der Waals surface area contributed by atoms with Crippen molar-refractivity contribution < 1.29 is 4.79 Å². The van der Waals surface area contributed by atoms with Crippen molar-refractivity contribution in [2.45, 2.75) is 72.6 Å². The molecule has 0 spiro atoms. The molecule has 0 saturated heterocycles. The molecule has 0 aromatic rings. The fourth-order valence-electron chi connectivity index (χ4n) is 3.38. The number of hydrogen-bond donors (Lipinski definition) is 1. The van der Waals surface area contributed by atoms with Gasteiger partial charge in [-0.3, -0.25) is 4.79 Å². The third-order valence-electron chi connectivity index (χ3n) is 4.70. The van der Waals surface area contributed by atoms with Gasteiger partial charge < -0.3 is 5.32 Å². The van der Waals surface area contributed by atoms with Crippen LogP contribution in [0, 0.1) is 23.7 Å². The molecule has 2 nitrogen and oxygen atoms in total. The van der Waals surface area contributed by atoms with E-state index in [1.807, 2.05) is 0 Å². The average Bonchev–Trinajstić information content (AvgIpc) is 2.56. The van der Waals surface area contributed by atoms with Gasteiger partial charge in [0, 0.05) is 13.0 Å². The lowest BCUT2D eigenvalue weighted by Crippen LogP contribution is -2.34. The first-order valence-corrected chi connectivity index (χ1v) is 8.27. The number of hydrogen-bond acceptors (Lipinski definition) is 1. The quantitative estimate of drug-likeness (QED) is 0.710. The Morgan fingerprint density at radius 2 is 1.53 bits per heavy atom. The smallest absolute Gasteiger partial charge is 0.220 e. The zero-order valence-corrected chi connectivity index (χ0v) is 13.4. The maximum Gasteiger partial charge on any atom is 0.220 e. The van der Waals surface area contributed by atoms with Crippen molar-refractivity contribution in [1.82, 2.24) is 5.32 Å². The molecule has 1 amide bonds. The molecule has 0 heterocycles. The van der Waals surface area contributed by atoms with E-state index in [-0.39, 0.29) is 5.91 Å². The topological polar surface area (TPSA) is 29.1 Å². The van der Waals surface area contributed by atoms with E-state index in [0.717, 1.165) is 13.0 Å². The second-order valence-electron chi connectivity index (χ2n) is 7.02. The van der Waals surface area contributed by atoms with Crippen LogP contribution in [-0.2, 0) is 4.79 Å². The van der Waals surface area contributed by atoms with Gasteiger partial charge >= 0.3 is 0 Å². The fourth-order valence-corrected chi connectivity index (χ4v) is 3.38. The molecule has 19 heavy (non-hydrogen) atoms. The maximum absolute atomic E-state index is 12.1. The second kappa shape index (κ2) is 8.60. The molecule has 1 rings (SSSR count). The normalized spacial score (nSPS) is 18.1. The molecule has 0 atom stereocenters. The van der Waals surface area contributed by atoms with E-state index in [0.29, 0.717) is 23.7 Å². The van der Waals surface area contributed by atoms with Gasteiger partial charge in [-0.2, -0.15) is 0 Å². The van der Waals surface area contributed by atoms with Crippen LogP contribution in [0.5, 0.6) is 0 Å². The van der Waals surface area contributed by atoms with E-state index >= 15 is 0 Å². The van der Waals surface area contributed by atoms with Crippen molar-refractivity contribution in [3.63, 3.8) is 0 Å². The van der Waals surface area contributed by atoms with Crippen LogP contribution in [0.15, 0.2) is 0 Å². The van der Waals surface area contributed by atoms with E-state index in [9.17, 15) is 4.79 Å². The second-order valence-corrected chi connectivity index (χ2v) is 7.02. The Labute approximate surface area is 119 Å². The van der Waals surface area contributed by atoms with Gasteiger partial charge in [-0.05, 0) is 36.5 Å². The summed E-state index contributed by atoms with van der Waals surface area (Å²) in [5, 5.41) is 3.17. The van der Waals surface area contributed by atoms with Crippen molar-refractivity contribution in [2.24, 2.45) is 23.7 Å². The summed E-state index contributed by atoms with van der Waals surface area (Å²) < 4.78 is 0. The van der Waals surface area contributed by atoms with Crippen LogP contribution in [0.2, 0.25) is 0 Å². The Morgan fingerprint density at radius 1 is 1.00 bits per heavy atom. The molecule has 0 radical (unpaired) electrons. The molecular weight excluding hydrogens is 234 g/mol. The molecule has 1 N–H and O–H groups in total. The van der Waals surface area contributed by atoms with Crippen LogP contribution in [0.1, 0.15) is 72.6 Å². The first-order valence-electron chi connectivity index (χ1n) is 8.27. The van der Waals surface area contributed by atoms with Crippen LogP contribution in [0.3, 0.4) is 0 Å². The van der Waals surface area contributed by atoms with E-state index in [1.165, 1.54) is 38.5 Å². The minimum Gasteiger partial charge on any atom is -0.356 e. The third kappa shape index (κ3) is 6.44. The summed E-state index contributed by atoms with van der Waals surface area (Å²) in [6.07, 6.45) is 8.62. The highest BCUT2D eigenvalue weighted by Gasteiger charge is 2.20. The maximum atomic E-state index is 12.1. The van der Waals surface area contributed by atoms with E-state index in [1.54, 1.807) is 0 Å². The van der Waals surface area contributed by atoms with Gasteiger partial charge in [0.1, 0.15) is 0 Å². The Morgan fingerprint density at radius 3 is 2.00 bits per heavy atom. The number of amides is 1. The molecule has 1 fully saturated rings. The van der Waals surface area contributed by atoms with E-state index in [4.69, 9.17) is 0 Å². The van der Waals surface area contributed by atoms with E-state index in [2.05, 4.69) is 33.0 Å². The lowest BCUT2D eigenvalue weighted by Gasteiger charge is -2.25. The lowest BCUT2D eigenvalue weighted by atomic mass is 9.85. The molecule has 1 saturated carbocycles. The van der Waals surface area contributed by atoms with Gasteiger partial charge in [0.15, 0.2) is 0 Å². The fraction of sp³-hybridized carbons (Fsp3) is 0.941. The number of carbonyl (C=O) groups is 1. The monoisotopic (exact) mass is 267 g/mol. The summed E-state index contributed by atoms with van der Waals surface area (Å²) in [5.74, 6) is 2.78. The van der Waals surface area contributed by atoms with Crippen LogP contribution in [0.25, 0.3) is 0 Å². The standard InChI is InChI=1S/C17H33NO/c1-13(2)16(14(3)4)12-18-17(19)11-15-9-7-5-6-8-10-15/h13-16H,5-12H2,1-4H3,(H,18,19). The van der Waals surface area contributed by atoms with Gasteiger partial charge in [0.2, 0.25) is 5.91 Å². The zero-order valence-electron chi connectivity index (χ0n) is 13.4. The highest BCUT2D eigenvalue weighted by atomic mass is 16.1. The Kier molecular flexibility index (Phi) is 7.48. The van der Waals surface area contributed by atoms with Gasteiger partial charge in [0.25, 0.3) is 0 Å². The summed E-state index contributed by atoms with van der Waals surface area (Å²) in [6.45, 7) is 9.86. The van der Waals surface area contributed by atoms with Crippen molar-refractivity contribution in [1.29, 1.82) is 0 Å². The SMILES string of the molecule is CC(C)C(CNC(=O)CC1CCCCCC1)C(C)C. The Bertz CT molecular complexity index is 244. The first-order chi connectivity index (χ1) is 9.00. The number of rotatable bonds is 6. The van der Waals surface area contributed by atoms with Crippen LogP contribution < -0.4 is 5.32 Å². The predicted octanol–water partition coefficient (Wildman–Crippen LogP) is 4.39. The van der Waals surface area contributed by atoms with E-state index < -0.39 is 0 Å². The summed E-state index contributed by atoms with van der Waals surface area (Å²) in [4.78, 5) is 12.1. The molecule has 0 aromatic carbocycles. The molecule has 1 aliphatic carbocycles. The van der Waals surface area contributed by atoms with Crippen molar-refractivity contribution in [3.8, 4) is 0 Å². The zero-order chi connectivity index (χ0) is 14.3. The number of carbonyl (C=O) groups excluding carboxylic acids is 1. The van der Waals surface area contributed by atoms with Crippen molar-refractivity contribution in [3.05, 3.63) is 0 Å². The summed E-state index contributed by atoms with van der Waals surface area (Å²) in [7, 11) is 0. The third-order valence-corrected chi connectivity index (χ3v) is 4.70. The van der Waals surface area contributed by atoms with Gasteiger partial charge in [-0.1, -0.05) is 53.4 Å². The summed E-state index contributed by atoms with van der Waals surface area (Å²) >= 11 is 0. The largest absolute Gasteiger partial charge is 0.356 e. The molecule has 0 bridgehead atoms. The molecular formula is C17H33NO. The average molecular weight is 267 g/mol. The van der Waals surface area contributed by atoms with Crippen LogP contribution in [-0.4, -0.2) is 12.5 Å². The first kappa shape index (κ1) is 16.5. The Hall–Kier alpha value is -0.530. The number of nitrogens with one attached hydrogen (secondary N) is 1. The highest BCUT2D eigenvalue weighted by Crippen LogP contribution is 2.25. The highest BCUT2D eigenvalue weighted by molar-refractivity contribution is 5.76. The summed E-state index contributed by atoms with van der Waals surface area (Å²) in [6, 6.07) is 0. The summed E-state index contributed by atoms with van der Waals surface area (Å²) in [5.41, 5.74) is 0. The van der Waals surface area contributed by atoms with Crippen LogP contribution >= 0.6 is 0 Å². The minimum absolute atomic E-state index is 0.276. The van der Waals surface area contributed by atoms with Crippen molar-refractivity contribution in [2.75, 3.05) is 6.54 Å². The molecule has 112 valence electrons. The molecule has 0 aliphatic heterocycles. The van der Waals surface area contributed by atoms with Gasteiger partial charge in [-0.15, -0.1) is 0 Å². The van der Waals surface area contributed by atoms with Crippen molar-refractivity contribution >= 4 is 5.91 Å². The van der Waals surface area contributed by atoms with Gasteiger partial charge in [0.05, 0.1) is 0 Å². The van der Waals surface area contributed by atoms with Gasteiger partial charge in [-0.25, -0.2) is 0 Å². The minimum atomic E-state index is 0.276. The molecule has 2 heteroatoms. The predicted molar refractivity (Wildman–Crippen MR) is 82.0 cm³/mol. The molecule has 0 aromatic heterocycles. The molecule has 0 unspecified atom stereocenters. The molecule has 1 aliphatic rings. The van der Waals surface area contributed by atoms with Crippen LogP contribution in [0.4, 0.5) is 0 Å². The lowest BCUT2D eigenvalue weighted by molar-refractivity contribution is -0.122. The Balaban J connectivity index is 2.29.